The van der Waals surface area contributed by atoms with Crippen LogP contribution in [0.2, 0.25) is 0 Å². The molecule has 108 valence electrons. The van der Waals surface area contributed by atoms with Crippen molar-refractivity contribution >= 4 is 11.8 Å². The Balaban J connectivity index is 1.69. The van der Waals surface area contributed by atoms with E-state index >= 15 is 0 Å². The summed E-state index contributed by atoms with van der Waals surface area (Å²) in [5, 5.41) is 0. The van der Waals surface area contributed by atoms with Crippen LogP contribution in [-0.2, 0) is 9.47 Å². The number of carbonyl (C=O) groups excluding carboxylic acids is 1. The van der Waals surface area contributed by atoms with E-state index in [-0.39, 0.29) is 5.97 Å². The molecule has 5 heteroatoms. The van der Waals surface area contributed by atoms with E-state index in [1.165, 1.54) is 13.5 Å². The zero-order chi connectivity index (χ0) is 14.0. The number of rotatable bonds is 2. The first-order chi connectivity index (χ1) is 9.72. The summed E-state index contributed by atoms with van der Waals surface area (Å²) in [6.45, 7) is 3.77. The van der Waals surface area contributed by atoms with Gasteiger partial charge in [-0.15, -0.1) is 0 Å². The minimum atomic E-state index is -0.345. The average molecular weight is 276 g/mol. The van der Waals surface area contributed by atoms with Gasteiger partial charge in [-0.2, -0.15) is 0 Å². The molecular weight excluding hydrogens is 256 g/mol. The number of methoxy groups -OCH3 is 1. The largest absolute Gasteiger partial charge is 0.465 e. The van der Waals surface area contributed by atoms with Gasteiger partial charge in [-0.25, -0.2) is 9.78 Å². The molecule has 0 amide bonds. The van der Waals surface area contributed by atoms with Crippen LogP contribution in [0.15, 0.2) is 18.3 Å². The predicted octanol–water partition coefficient (Wildman–Crippen LogP) is 1.88. The van der Waals surface area contributed by atoms with Crippen LogP contribution in [0.3, 0.4) is 0 Å². The fourth-order valence-corrected chi connectivity index (χ4v) is 3.17. The lowest BCUT2D eigenvalue weighted by molar-refractivity contribution is 0.00437. The molecule has 0 bridgehead atoms. The molecule has 2 aliphatic rings. The standard InChI is InChI=1S/C15H20N2O3/c1-19-14(18)12-3-4-13(16-9-12)17-7-6-15(10-17)5-2-8-20-11-15/h3-4,9H,2,5-8,10-11H2,1H3. The van der Waals surface area contributed by atoms with Gasteiger partial charge in [-0.05, 0) is 31.4 Å². The molecule has 20 heavy (non-hydrogen) atoms. The monoisotopic (exact) mass is 276 g/mol. The van der Waals surface area contributed by atoms with E-state index in [4.69, 9.17) is 4.74 Å². The maximum atomic E-state index is 11.4. The second-order valence-corrected chi connectivity index (χ2v) is 5.72. The van der Waals surface area contributed by atoms with E-state index in [0.717, 1.165) is 45.0 Å². The zero-order valence-electron chi connectivity index (χ0n) is 11.8. The lowest BCUT2D eigenvalue weighted by Gasteiger charge is -2.33. The van der Waals surface area contributed by atoms with Crippen LogP contribution in [0, 0.1) is 5.41 Å². The summed E-state index contributed by atoms with van der Waals surface area (Å²) in [6, 6.07) is 3.67. The van der Waals surface area contributed by atoms with E-state index in [1.807, 2.05) is 6.07 Å². The van der Waals surface area contributed by atoms with Crippen molar-refractivity contribution < 1.29 is 14.3 Å². The van der Waals surface area contributed by atoms with Crippen LogP contribution >= 0.6 is 0 Å². The topological polar surface area (TPSA) is 51.7 Å². The highest BCUT2D eigenvalue weighted by Crippen LogP contribution is 2.39. The number of hydrogen-bond acceptors (Lipinski definition) is 5. The van der Waals surface area contributed by atoms with Crippen molar-refractivity contribution in [2.45, 2.75) is 19.3 Å². The maximum absolute atomic E-state index is 11.4. The highest BCUT2D eigenvalue weighted by molar-refractivity contribution is 5.89. The van der Waals surface area contributed by atoms with Gasteiger partial charge in [0.15, 0.2) is 0 Å². The van der Waals surface area contributed by atoms with Gasteiger partial charge in [0.1, 0.15) is 5.82 Å². The first-order valence-corrected chi connectivity index (χ1v) is 7.10. The predicted molar refractivity (Wildman–Crippen MR) is 74.9 cm³/mol. The minimum absolute atomic E-state index is 0.306. The van der Waals surface area contributed by atoms with E-state index < -0.39 is 0 Å². The minimum Gasteiger partial charge on any atom is -0.465 e. The van der Waals surface area contributed by atoms with Gasteiger partial charge >= 0.3 is 5.97 Å². The van der Waals surface area contributed by atoms with E-state index in [0.29, 0.717) is 11.0 Å². The van der Waals surface area contributed by atoms with Crippen LogP contribution in [-0.4, -0.2) is 44.4 Å². The van der Waals surface area contributed by atoms with Gasteiger partial charge in [0, 0.05) is 31.3 Å². The number of hydrogen-bond donors (Lipinski definition) is 0. The maximum Gasteiger partial charge on any atom is 0.339 e. The zero-order valence-corrected chi connectivity index (χ0v) is 11.8. The quantitative estimate of drug-likeness (QED) is 0.772. The van der Waals surface area contributed by atoms with Gasteiger partial charge in [0.05, 0.1) is 19.3 Å². The van der Waals surface area contributed by atoms with E-state index in [9.17, 15) is 4.79 Å². The normalized spacial score (nSPS) is 25.9. The molecule has 1 aromatic heterocycles. The van der Waals surface area contributed by atoms with Crippen molar-refractivity contribution in [3.8, 4) is 0 Å². The Hall–Kier alpha value is -1.62. The fraction of sp³-hybridized carbons (Fsp3) is 0.600. The Morgan fingerprint density at radius 1 is 1.45 bits per heavy atom. The summed E-state index contributed by atoms with van der Waals surface area (Å²) >= 11 is 0. The Morgan fingerprint density at radius 2 is 2.35 bits per heavy atom. The Bertz CT molecular complexity index is 480. The van der Waals surface area contributed by atoms with Crippen molar-refractivity contribution in [2.75, 3.05) is 38.3 Å². The molecule has 0 aromatic carbocycles. The van der Waals surface area contributed by atoms with Crippen LogP contribution in [0.25, 0.3) is 0 Å². The molecule has 1 spiro atoms. The average Bonchev–Trinajstić information content (AvgIpc) is 2.91. The highest BCUT2D eigenvalue weighted by Gasteiger charge is 2.40. The smallest absolute Gasteiger partial charge is 0.339 e. The van der Waals surface area contributed by atoms with Crippen LogP contribution in [0.4, 0.5) is 5.82 Å². The van der Waals surface area contributed by atoms with Gasteiger partial charge in [0.25, 0.3) is 0 Å². The van der Waals surface area contributed by atoms with E-state index in [1.54, 1.807) is 12.3 Å². The van der Waals surface area contributed by atoms with Crippen LogP contribution in [0.5, 0.6) is 0 Å². The van der Waals surface area contributed by atoms with Crippen molar-refractivity contribution in [3.63, 3.8) is 0 Å². The molecule has 0 saturated carbocycles. The first-order valence-electron chi connectivity index (χ1n) is 7.10. The number of pyridine rings is 1. The molecular formula is C15H20N2O3. The van der Waals surface area contributed by atoms with Crippen LogP contribution < -0.4 is 4.90 Å². The van der Waals surface area contributed by atoms with E-state index in [2.05, 4.69) is 14.6 Å². The lowest BCUT2D eigenvalue weighted by atomic mass is 9.82. The number of aromatic nitrogens is 1. The molecule has 0 N–H and O–H groups in total. The molecule has 3 rings (SSSR count). The van der Waals surface area contributed by atoms with Crippen LogP contribution in [0.1, 0.15) is 29.6 Å². The molecule has 0 radical (unpaired) electrons. The number of carbonyl (C=O) groups is 1. The molecule has 2 saturated heterocycles. The number of ether oxygens (including phenoxy) is 2. The first kappa shape index (κ1) is 13.4. The summed E-state index contributed by atoms with van der Waals surface area (Å²) in [4.78, 5) is 18.1. The summed E-state index contributed by atoms with van der Waals surface area (Å²) in [5.41, 5.74) is 0.798. The third-order valence-corrected chi connectivity index (χ3v) is 4.34. The molecule has 3 heterocycles. The van der Waals surface area contributed by atoms with Gasteiger partial charge in [0.2, 0.25) is 0 Å². The van der Waals surface area contributed by atoms with Crippen molar-refractivity contribution in [3.05, 3.63) is 23.9 Å². The third-order valence-electron chi connectivity index (χ3n) is 4.34. The van der Waals surface area contributed by atoms with Gasteiger partial charge in [-0.3, -0.25) is 0 Å². The summed E-state index contributed by atoms with van der Waals surface area (Å²) in [6.07, 6.45) is 5.14. The number of esters is 1. The van der Waals surface area contributed by atoms with Gasteiger partial charge < -0.3 is 14.4 Å². The number of anilines is 1. The Labute approximate surface area is 118 Å². The fourth-order valence-electron chi connectivity index (χ4n) is 3.17. The molecule has 2 aliphatic heterocycles. The second kappa shape index (κ2) is 5.40. The molecule has 2 fully saturated rings. The lowest BCUT2D eigenvalue weighted by Crippen LogP contribution is -2.35. The number of nitrogens with zero attached hydrogens (tertiary/aromatic N) is 2. The van der Waals surface area contributed by atoms with Gasteiger partial charge in [-0.1, -0.05) is 0 Å². The third kappa shape index (κ3) is 2.50. The summed E-state index contributed by atoms with van der Waals surface area (Å²) < 4.78 is 10.3. The molecule has 1 atom stereocenters. The molecule has 5 nitrogen and oxygen atoms in total. The van der Waals surface area contributed by atoms with Crippen molar-refractivity contribution in [1.29, 1.82) is 0 Å². The molecule has 1 aromatic rings. The SMILES string of the molecule is COC(=O)c1ccc(N2CCC3(CCCOC3)C2)nc1. The second-order valence-electron chi connectivity index (χ2n) is 5.72. The Kier molecular flexibility index (Phi) is 3.61. The highest BCUT2D eigenvalue weighted by atomic mass is 16.5. The molecule has 0 aliphatic carbocycles. The molecule has 1 unspecified atom stereocenters. The Morgan fingerprint density at radius 3 is 3.00 bits per heavy atom. The summed E-state index contributed by atoms with van der Waals surface area (Å²) in [7, 11) is 1.38. The van der Waals surface area contributed by atoms with Crippen molar-refractivity contribution in [1.82, 2.24) is 4.98 Å². The van der Waals surface area contributed by atoms with Crippen molar-refractivity contribution in [2.24, 2.45) is 5.41 Å². The summed E-state index contributed by atoms with van der Waals surface area (Å²) in [5.74, 6) is 0.586.